The molecule has 5 nitrogen and oxygen atoms in total. The number of nitrogens with one attached hydrogen (secondary N) is 1. The van der Waals surface area contributed by atoms with Crippen LogP contribution in [0, 0.1) is 0 Å². The minimum atomic E-state index is 0.185. The summed E-state index contributed by atoms with van der Waals surface area (Å²) in [5.41, 5.74) is 3.06. The summed E-state index contributed by atoms with van der Waals surface area (Å²) in [6.07, 6.45) is 12.6. The van der Waals surface area contributed by atoms with E-state index in [1.807, 2.05) is 24.4 Å². The van der Waals surface area contributed by atoms with E-state index in [2.05, 4.69) is 39.1 Å². The number of rotatable bonds is 7. The molecule has 1 aliphatic rings. The number of amides is 1. The normalized spacial score (nSPS) is 15.6. The molecule has 0 atom stereocenters. The Morgan fingerprint density at radius 2 is 1.77 bits per heavy atom. The minimum Gasteiger partial charge on any atom is -0.353 e. The second-order valence-electron chi connectivity index (χ2n) is 8.41. The molecule has 30 heavy (non-hydrogen) atoms. The number of aromatic nitrogens is 3. The summed E-state index contributed by atoms with van der Waals surface area (Å²) < 4.78 is 2.19. The maximum absolute atomic E-state index is 12.5. The van der Waals surface area contributed by atoms with Crippen LogP contribution in [0.25, 0.3) is 11.2 Å². The van der Waals surface area contributed by atoms with Crippen LogP contribution in [0.2, 0.25) is 0 Å². The third-order valence-corrected chi connectivity index (χ3v) is 6.04. The average Bonchev–Trinajstić information content (AvgIpc) is 3.08. The number of nitrogens with zero attached hydrogens (tertiary/aromatic N) is 3. The fourth-order valence-electron chi connectivity index (χ4n) is 4.44. The van der Waals surface area contributed by atoms with Gasteiger partial charge in [-0.2, -0.15) is 0 Å². The largest absolute Gasteiger partial charge is 0.353 e. The molecular formula is C25H32N4O. The molecule has 1 aliphatic carbocycles. The number of fused-ring (bicyclic) bond motifs is 1. The highest BCUT2D eigenvalue weighted by molar-refractivity contribution is 5.76. The predicted octanol–water partition coefficient (Wildman–Crippen LogP) is 5.03. The van der Waals surface area contributed by atoms with Crippen molar-refractivity contribution in [3.63, 3.8) is 0 Å². The summed E-state index contributed by atoms with van der Waals surface area (Å²) in [6, 6.07) is 14.7. The molecule has 1 amide bonds. The molecule has 0 unspecified atom stereocenters. The van der Waals surface area contributed by atoms with Crippen molar-refractivity contribution in [3.05, 3.63) is 60.0 Å². The second-order valence-corrected chi connectivity index (χ2v) is 8.41. The molecule has 0 aliphatic heterocycles. The number of imidazole rings is 1. The molecule has 0 spiro atoms. The van der Waals surface area contributed by atoms with E-state index >= 15 is 0 Å². The highest BCUT2D eigenvalue weighted by Gasteiger charge is 2.15. The van der Waals surface area contributed by atoms with E-state index < -0.39 is 0 Å². The van der Waals surface area contributed by atoms with Gasteiger partial charge in [0.1, 0.15) is 11.3 Å². The van der Waals surface area contributed by atoms with Crippen LogP contribution in [-0.2, 0) is 17.8 Å². The second kappa shape index (κ2) is 10.4. The summed E-state index contributed by atoms with van der Waals surface area (Å²) in [4.78, 5) is 21.9. The van der Waals surface area contributed by atoms with Gasteiger partial charge in [0.05, 0.1) is 6.54 Å². The van der Waals surface area contributed by atoms with Gasteiger partial charge < -0.3 is 9.88 Å². The maximum atomic E-state index is 12.5. The van der Waals surface area contributed by atoms with Crippen LogP contribution in [0.1, 0.15) is 69.2 Å². The van der Waals surface area contributed by atoms with Gasteiger partial charge in [-0.05, 0) is 37.0 Å². The molecular weight excluding hydrogens is 372 g/mol. The van der Waals surface area contributed by atoms with Gasteiger partial charge in [0.25, 0.3) is 0 Å². The Morgan fingerprint density at radius 1 is 1.00 bits per heavy atom. The third kappa shape index (κ3) is 5.47. The lowest BCUT2D eigenvalue weighted by molar-refractivity contribution is -0.122. The van der Waals surface area contributed by atoms with Crippen molar-refractivity contribution in [2.75, 3.05) is 0 Å². The molecule has 0 bridgehead atoms. The monoisotopic (exact) mass is 404 g/mol. The van der Waals surface area contributed by atoms with Gasteiger partial charge >= 0.3 is 0 Å². The molecule has 5 heteroatoms. The molecule has 158 valence electrons. The summed E-state index contributed by atoms with van der Waals surface area (Å²) in [6.45, 7) is 0.748. The Bertz CT molecular complexity index is 942. The Hall–Kier alpha value is -2.69. The molecule has 2 aromatic heterocycles. The smallest absolute Gasteiger partial charge is 0.220 e. The molecule has 3 aromatic rings. The average molecular weight is 405 g/mol. The fourth-order valence-corrected chi connectivity index (χ4v) is 4.44. The molecule has 0 radical (unpaired) electrons. The number of pyridine rings is 1. The lowest BCUT2D eigenvalue weighted by Crippen LogP contribution is -2.35. The molecule has 1 N–H and O–H groups in total. The Balaban J connectivity index is 1.37. The molecule has 0 saturated heterocycles. The van der Waals surface area contributed by atoms with Crippen molar-refractivity contribution < 1.29 is 4.79 Å². The quantitative estimate of drug-likeness (QED) is 0.601. The summed E-state index contributed by atoms with van der Waals surface area (Å²) >= 11 is 0. The summed E-state index contributed by atoms with van der Waals surface area (Å²) in [5.74, 6) is 1.19. The zero-order valence-electron chi connectivity index (χ0n) is 17.7. The lowest BCUT2D eigenvalue weighted by Gasteiger charge is -2.21. The molecule has 1 aromatic carbocycles. The van der Waals surface area contributed by atoms with E-state index in [0.29, 0.717) is 12.5 Å². The first-order valence-corrected chi connectivity index (χ1v) is 11.4. The van der Waals surface area contributed by atoms with Crippen LogP contribution in [0.15, 0.2) is 48.7 Å². The first-order valence-electron chi connectivity index (χ1n) is 11.4. The molecule has 4 rings (SSSR count). The Labute approximate surface area is 178 Å². The molecule has 2 heterocycles. The number of carbonyl (C=O) groups excluding carboxylic acids is 1. The van der Waals surface area contributed by atoms with E-state index in [0.717, 1.165) is 49.2 Å². The van der Waals surface area contributed by atoms with Crippen molar-refractivity contribution in [1.29, 1.82) is 0 Å². The third-order valence-electron chi connectivity index (χ3n) is 6.04. The number of hydrogen-bond acceptors (Lipinski definition) is 3. The van der Waals surface area contributed by atoms with Crippen LogP contribution >= 0.6 is 0 Å². The highest BCUT2D eigenvalue weighted by atomic mass is 16.1. The Morgan fingerprint density at radius 3 is 2.57 bits per heavy atom. The maximum Gasteiger partial charge on any atom is 0.220 e. The number of benzene rings is 1. The van der Waals surface area contributed by atoms with Crippen molar-refractivity contribution in [1.82, 2.24) is 19.9 Å². The Kier molecular flexibility index (Phi) is 7.11. The zero-order valence-corrected chi connectivity index (χ0v) is 17.7. The minimum absolute atomic E-state index is 0.185. The predicted molar refractivity (Wildman–Crippen MR) is 120 cm³/mol. The number of hydrogen-bond donors (Lipinski definition) is 1. The highest BCUT2D eigenvalue weighted by Crippen LogP contribution is 2.19. The summed E-state index contributed by atoms with van der Waals surface area (Å²) in [7, 11) is 0. The molecule has 1 saturated carbocycles. The fraction of sp³-hybridized carbons (Fsp3) is 0.480. The SMILES string of the molecule is O=C(CCCc1nc2cccnc2n1Cc1ccccc1)NC1CCCCCCC1. The van der Waals surface area contributed by atoms with Crippen molar-refractivity contribution in [2.45, 2.75) is 76.8 Å². The van der Waals surface area contributed by atoms with Crippen LogP contribution in [0.5, 0.6) is 0 Å². The van der Waals surface area contributed by atoms with Gasteiger partial charge in [-0.3, -0.25) is 4.79 Å². The number of carbonyl (C=O) groups is 1. The van der Waals surface area contributed by atoms with Gasteiger partial charge in [-0.1, -0.05) is 62.4 Å². The van der Waals surface area contributed by atoms with Gasteiger partial charge in [0.15, 0.2) is 5.65 Å². The van der Waals surface area contributed by atoms with Crippen molar-refractivity contribution in [2.24, 2.45) is 0 Å². The topological polar surface area (TPSA) is 59.8 Å². The van der Waals surface area contributed by atoms with E-state index in [-0.39, 0.29) is 5.91 Å². The van der Waals surface area contributed by atoms with E-state index in [1.165, 1.54) is 37.7 Å². The summed E-state index contributed by atoms with van der Waals surface area (Å²) in [5, 5.41) is 3.28. The first-order chi connectivity index (χ1) is 14.8. The van der Waals surface area contributed by atoms with Crippen LogP contribution in [0.3, 0.4) is 0 Å². The van der Waals surface area contributed by atoms with Gasteiger partial charge in [-0.25, -0.2) is 9.97 Å². The molecule has 1 fully saturated rings. The van der Waals surface area contributed by atoms with Crippen molar-refractivity contribution in [3.8, 4) is 0 Å². The van der Waals surface area contributed by atoms with Gasteiger partial charge in [0.2, 0.25) is 5.91 Å². The zero-order chi connectivity index (χ0) is 20.6. The van der Waals surface area contributed by atoms with Crippen molar-refractivity contribution >= 4 is 17.1 Å². The van der Waals surface area contributed by atoms with E-state index in [9.17, 15) is 4.79 Å². The number of aryl methyl sites for hydroxylation is 1. The van der Waals surface area contributed by atoms with E-state index in [1.54, 1.807) is 0 Å². The first kappa shape index (κ1) is 20.6. The van der Waals surface area contributed by atoms with Crippen LogP contribution < -0.4 is 5.32 Å². The van der Waals surface area contributed by atoms with Crippen LogP contribution in [-0.4, -0.2) is 26.5 Å². The van der Waals surface area contributed by atoms with Gasteiger partial charge in [0, 0.05) is 25.1 Å². The standard InChI is InChI=1S/C25H32N4O/c30-24(27-21-13-7-2-1-3-8-14-21)17-9-16-23-28-22-15-10-18-26-25(22)29(23)19-20-11-5-4-6-12-20/h4-6,10-12,15,18,21H,1-3,7-9,13-14,16-17,19H2,(H,27,30). The van der Waals surface area contributed by atoms with Crippen LogP contribution in [0.4, 0.5) is 0 Å². The lowest BCUT2D eigenvalue weighted by atomic mass is 9.96. The van der Waals surface area contributed by atoms with Gasteiger partial charge in [-0.15, -0.1) is 0 Å². The van der Waals surface area contributed by atoms with E-state index in [4.69, 9.17) is 4.98 Å².